The highest BCUT2D eigenvalue weighted by atomic mass is 32.2. The third kappa shape index (κ3) is 5.92. The third-order valence-corrected chi connectivity index (χ3v) is 4.74. The van der Waals surface area contributed by atoms with Crippen molar-refractivity contribution in [1.82, 2.24) is 5.43 Å². The minimum Gasteiger partial charge on any atom is -0.271 e. The number of nitrogens with one attached hydrogen (secondary N) is 1. The predicted octanol–water partition coefficient (Wildman–Crippen LogP) is 3.94. The first kappa shape index (κ1) is 16.1. The quantitative estimate of drug-likeness (QED) is 0.440. The number of rotatable bonds is 8. The van der Waals surface area contributed by atoms with Crippen molar-refractivity contribution in [2.45, 2.75) is 37.1 Å². The zero-order valence-electron chi connectivity index (χ0n) is 12.6. The summed E-state index contributed by atoms with van der Waals surface area (Å²) in [6, 6.07) is 19.7. The summed E-state index contributed by atoms with van der Waals surface area (Å²) >= 11 is 1.87. The molecule has 0 fully saturated rings. The zero-order valence-corrected chi connectivity index (χ0v) is 13.4. The van der Waals surface area contributed by atoms with Crippen LogP contribution in [0.1, 0.15) is 24.0 Å². The van der Waals surface area contributed by atoms with E-state index in [2.05, 4.69) is 66.9 Å². The van der Waals surface area contributed by atoms with Gasteiger partial charge in [0.15, 0.2) is 0 Å². The molecule has 0 saturated heterocycles. The SMILES string of the molecule is Cc1ccc(SCC(CCCc2ccccc2)NN)cc1. The summed E-state index contributed by atoms with van der Waals surface area (Å²) in [4.78, 5) is 1.31. The molecule has 2 nitrogen and oxygen atoms in total. The number of nitrogens with two attached hydrogens (primary N) is 1. The number of thioether (sulfide) groups is 1. The van der Waals surface area contributed by atoms with Crippen LogP contribution in [0, 0.1) is 6.92 Å². The lowest BCUT2D eigenvalue weighted by molar-refractivity contribution is 0.520. The Bertz CT molecular complexity index is 511. The summed E-state index contributed by atoms with van der Waals surface area (Å²) in [5.74, 6) is 6.69. The Hall–Kier alpha value is -1.29. The van der Waals surface area contributed by atoms with Crippen molar-refractivity contribution in [1.29, 1.82) is 0 Å². The lowest BCUT2D eigenvalue weighted by atomic mass is 10.1. The molecule has 2 aromatic carbocycles. The molecular formula is C18H24N2S. The fraction of sp³-hybridized carbons (Fsp3) is 0.333. The van der Waals surface area contributed by atoms with Gasteiger partial charge in [0, 0.05) is 16.7 Å². The van der Waals surface area contributed by atoms with Crippen molar-refractivity contribution < 1.29 is 0 Å². The fourth-order valence-electron chi connectivity index (χ4n) is 2.24. The summed E-state index contributed by atoms with van der Waals surface area (Å²) in [5, 5.41) is 0. The molecule has 112 valence electrons. The van der Waals surface area contributed by atoms with Crippen molar-refractivity contribution in [3.63, 3.8) is 0 Å². The highest BCUT2D eigenvalue weighted by Crippen LogP contribution is 2.20. The van der Waals surface area contributed by atoms with Crippen LogP contribution in [0.25, 0.3) is 0 Å². The first-order chi connectivity index (χ1) is 10.3. The average molecular weight is 300 g/mol. The minimum absolute atomic E-state index is 0.361. The molecule has 0 aromatic heterocycles. The van der Waals surface area contributed by atoms with E-state index in [0.29, 0.717) is 6.04 Å². The molecule has 0 heterocycles. The number of hydrogen-bond donors (Lipinski definition) is 2. The smallest absolute Gasteiger partial charge is 0.0304 e. The van der Waals surface area contributed by atoms with Crippen LogP contribution in [0.3, 0.4) is 0 Å². The summed E-state index contributed by atoms with van der Waals surface area (Å²) in [6.45, 7) is 2.11. The van der Waals surface area contributed by atoms with Gasteiger partial charge >= 0.3 is 0 Å². The van der Waals surface area contributed by atoms with Gasteiger partial charge in [-0.1, -0.05) is 48.0 Å². The molecule has 0 radical (unpaired) electrons. The molecule has 0 aliphatic rings. The van der Waals surface area contributed by atoms with Crippen molar-refractivity contribution in [3.05, 3.63) is 65.7 Å². The van der Waals surface area contributed by atoms with Crippen molar-refractivity contribution in [2.75, 3.05) is 5.75 Å². The van der Waals surface area contributed by atoms with Gasteiger partial charge in [0.2, 0.25) is 0 Å². The number of benzene rings is 2. The van der Waals surface area contributed by atoms with Gasteiger partial charge in [-0.2, -0.15) is 0 Å². The second kappa shape index (κ2) is 8.88. The molecule has 0 spiro atoms. The molecule has 0 bridgehead atoms. The van der Waals surface area contributed by atoms with Gasteiger partial charge in [0.05, 0.1) is 0 Å². The van der Waals surface area contributed by atoms with Gasteiger partial charge < -0.3 is 0 Å². The Morgan fingerprint density at radius 3 is 2.43 bits per heavy atom. The third-order valence-electron chi connectivity index (χ3n) is 3.57. The number of hydrogen-bond acceptors (Lipinski definition) is 3. The fourth-order valence-corrected chi connectivity index (χ4v) is 3.23. The van der Waals surface area contributed by atoms with Gasteiger partial charge in [0.1, 0.15) is 0 Å². The Morgan fingerprint density at radius 1 is 1.05 bits per heavy atom. The highest BCUT2D eigenvalue weighted by Gasteiger charge is 2.07. The Morgan fingerprint density at radius 2 is 1.76 bits per heavy atom. The van der Waals surface area contributed by atoms with Gasteiger partial charge in [-0.3, -0.25) is 11.3 Å². The van der Waals surface area contributed by atoms with E-state index in [0.717, 1.165) is 25.0 Å². The maximum absolute atomic E-state index is 5.68. The zero-order chi connectivity index (χ0) is 14.9. The van der Waals surface area contributed by atoms with Gasteiger partial charge in [0.25, 0.3) is 0 Å². The maximum Gasteiger partial charge on any atom is 0.0304 e. The first-order valence-electron chi connectivity index (χ1n) is 7.47. The normalized spacial score (nSPS) is 12.3. The number of hydrazine groups is 1. The molecule has 2 aromatic rings. The average Bonchev–Trinajstić information content (AvgIpc) is 2.53. The minimum atomic E-state index is 0.361. The summed E-state index contributed by atoms with van der Waals surface area (Å²) < 4.78 is 0. The lowest BCUT2D eigenvalue weighted by Gasteiger charge is -2.15. The molecule has 1 atom stereocenters. The van der Waals surface area contributed by atoms with E-state index >= 15 is 0 Å². The molecular weight excluding hydrogens is 276 g/mol. The van der Waals surface area contributed by atoms with Crippen LogP contribution >= 0.6 is 11.8 Å². The van der Waals surface area contributed by atoms with Crippen LogP contribution in [0.15, 0.2) is 59.5 Å². The van der Waals surface area contributed by atoms with Crippen LogP contribution in [-0.4, -0.2) is 11.8 Å². The van der Waals surface area contributed by atoms with E-state index in [1.165, 1.54) is 16.0 Å². The molecule has 21 heavy (non-hydrogen) atoms. The Labute approximate surface area is 132 Å². The monoisotopic (exact) mass is 300 g/mol. The first-order valence-corrected chi connectivity index (χ1v) is 8.46. The van der Waals surface area contributed by atoms with Crippen molar-refractivity contribution >= 4 is 11.8 Å². The van der Waals surface area contributed by atoms with E-state index < -0.39 is 0 Å². The van der Waals surface area contributed by atoms with Crippen molar-refractivity contribution in [2.24, 2.45) is 5.84 Å². The topological polar surface area (TPSA) is 38.0 Å². The van der Waals surface area contributed by atoms with E-state index in [9.17, 15) is 0 Å². The predicted molar refractivity (Wildman–Crippen MR) is 92.4 cm³/mol. The van der Waals surface area contributed by atoms with Crippen molar-refractivity contribution in [3.8, 4) is 0 Å². The van der Waals surface area contributed by atoms with Crippen LogP contribution in [0.5, 0.6) is 0 Å². The summed E-state index contributed by atoms with van der Waals surface area (Å²) in [5.41, 5.74) is 5.65. The van der Waals surface area contributed by atoms with Crippen LogP contribution in [-0.2, 0) is 6.42 Å². The molecule has 0 aliphatic heterocycles. The molecule has 3 N–H and O–H groups in total. The molecule has 2 rings (SSSR count). The molecule has 1 unspecified atom stereocenters. The summed E-state index contributed by atoms with van der Waals surface area (Å²) in [7, 11) is 0. The Kier molecular flexibility index (Phi) is 6.80. The second-order valence-electron chi connectivity index (χ2n) is 5.37. The van der Waals surface area contributed by atoms with E-state index in [1.54, 1.807) is 0 Å². The molecule has 0 saturated carbocycles. The summed E-state index contributed by atoms with van der Waals surface area (Å²) in [6.07, 6.45) is 3.38. The molecule has 0 aliphatic carbocycles. The van der Waals surface area contributed by atoms with Gasteiger partial charge in [-0.05, 0) is 43.9 Å². The van der Waals surface area contributed by atoms with Crippen LogP contribution in [0.4, 0.5) is 0 Å². The van der Waals surface area contributed by atoms with Gasteiger partial charge in [-0.25, -0.2) is 0 Å². The molecule has 3 heteroatoms. The Balaban J connectivity index is 1.71. The molecule has 0 amide bonds. The van der Waals surface area contributed by atoms with E-state index in [4.69, 9.17) is 5.84 Å². The van der Waals surface area contributed by atoms with E-state index in [1.807, 2.05) is 11.8 Å². The number of aryl methyl sites for hydroxylation is 2. The highest BCUT2D eigenvalue weighted by molar-refractivity contribution is 7.99. The van der Waals surface area contributed by atoms with E-state index in [-0.39, 0.29) is 0 Å². The van der Waals surface area contributed by atoms with Crippen LogP contribution in [0.2, 0.25) is 0 Å². The largest absolute Gasteiger partial charge is 0.271 e. The maximum atomic E-state index is 5.68. The van der Waals surface area contributed by atoms with Crippen LogP contribution < -0.4 is 11.3 Å². The standard InChI is InChI=1S/C18H24N2S/c1-15-10-12-18(13-11-15)21-14-17(20-19)9-5-8-16-6-3-2-4-7-16/h2-4,6-7,10-13,17,20H,5,8-9,14,19H2,1H3. The lowest BCUT2D eigenvalue weighted by Crippen LogP contribution is -2.37. The second-order valence-corrected chi connectivity index (χ2v) is 6.46. The van der Waals surface area contributed by atoms with Gasteiger partial charge in [-0.15, -0.1) is 11.8 Å².